The van der Waals surface area contributed by atoms with Crippen LogP contribution in [0.2, 0.25) is 0 Å². The molecule has 0 aliphatic heterocycles. The van der Waals surface area contributed by atoms with Crippen molar-refractivity contribution in [1.29, 1.82) is 0 Å². The van der Waals surface area contributed by atoms with Crippen LogP contribution < -0.4 is 4.90 Å². The molecule has 1 heterocycles. The van der Waals surface area contributed by atoms with E-state index in [9.17, 15) is 4.79 Å². The molecule has 0 unspecified atom stereocenters. The predicted octanol–water partition coefficient (Wildman–Crippen LogP) is 4.32. The smallest absolute Gasteiger partial charge is 0.263 e. The van der Waals surface area contributed by atoms with Gasteiger partial charge in [0, 0.05) is 17.8 Å². The highest BCUT2D eigenvalue weighted by Crippen LogP contribution is 2.26. The fourth-order valence-electron chi connectivity index (χ4n) is 2.57. The molecular formula is C19H18N2O2. The lowest BCUT2D eigenvalue weighted by molar-refractivity contribution is 0.0988. The molecule has 4 heteroatoms. The Morgan fingerprint density at radius 2 is 1.91 bits per heavy atom. The molecule has 1 amide bonds. The lowest BCUT2D eigenvalue weighted by Crippen LogP contribution is -2.30. The maximum absolute atomic E-state index is 13.0. The van der Waals surface area contributed by atoms with Crippen molar-refractivity contribution < 1.29 is 9.32 Å². The second-order valence-electron chi connectivity index (χ2n) is 5.32. The minimum atomic E-state index is -0.113. The Labute approximate surface area is 135 Å². The molecular weight excluding hydrogens is 288 g/mol. The molecule has 0 aliphatic carbocycles. The maximum Gasteiger partial charge on any atom is 0.263 e. The second-order valence-corrected chi connectivity index (χ2v) is 5.32. The molecule has 0 saturated heterocycles. The summed E-state index contributed by atoms with van der Waals surface area (Å²) in [6, 6.07) is 17.4. The molecule has 0 radical (unpaired) electrons. The molecule has 3 aromatic rings. The van der Waals surface area contributed by atoms with Crippen molar-refractivity contribution in [3.63, 3.8) is 0 Å². The Kier molecular flexibility index (Phi) is 4.24. The topological polar surface area (TPSA) is 46.3 Å². The van der Waals surface area contributed by atoms with Crippen LogP contribution in [0.5, 0.6) is 0 Å². The highest BCUT2D eigenvalue weighted by molar-refractivity contribution is 6.09. The number of aryl methyl sites for hydroxylation is 1. The number of amides is 1. The van der Waals surface area contributed by atoms with Gasteiger partial charge in [0.05, 0.1) is 6.20 Å². The van der Waals surface area contributed by atoms with Crippen LogP contribution >= 0.6 is 0 Å². The number of rotatable bonds is 4. The minimum Gasteiger partial charge on any atom is -0.355 e. The van der Waals surface area contributed by atoms with Crippen LogP contribution in [0, 0.1) is 6.92 Å². The maximum atomic E-state index is 13.0. The van der Waals surface area contributed by atoms with E-state index in [-0.39, 0.29) is 5.91 Å². The van der Waals surface area contributed by atoms with Crippen molar-refractivity contribution in [3.8, 4) is 11.3 Å². The minimum absolute atomic E-state index is 0.113. The molecule has 0 saturated carbocycles. The van der Waals surface area contributed by atoms with E-state index in [1.54, 1.807) is 4.90 Å². The first-order valence-corrected chi connectivity index (χ1v) is 7.59. The van der Waals surface area contributed by atoms with Crippen LogP contribution in [0.25, 0.3) is 11.3 Å². The number of carbonyl (C=O) groups is 1. The number of anilines is 1. The van der Waals surface area contributed by atoms with Gasteiger partial charge in [0.15, 0.2) is 5.76 Å². The fourth-order valence-corrected chi connectivity index (χ4v) is 2.57. The molecule has 0 spiro atoms. The third kappa shape index (κ3) is 3.01. The Bertz CT molecular complexity index is 809. The van der Waals surface area contributed by atoms with Gasteiger partial charge in [0.2, 0.25) is 0 Å². The number of hydrogen-bond acceptors (Lipinski definition) is 3. The van der Waals surface area contributed by atoms with Crippen molar-refractivity contribution in [1.82, 2.24) is 5.16 Å². The van der Waals surface area contributed by atoms with Gasteiger partial charge in [0.25, 0.3) is 5.91 Å². The van der Waals surface area contributed by atoms with Gasteiger partial charge >= 0.3 is 0 Å². The van der Waals surface area contributed by atoms with E-state index in [1.807, 2.05) is 68.4 Å². The summed E-state index contributed by atoms with van der Waals surface area (Å²) in [5, 5.41) is 3.83. The van der Waals surface area contributed by atoms with Crippen molar-refractivity contribution in [2.45, 2.75) is 13.8 Å². The lowest BCUT2D eigenvalue weighted by atomic mass is 10.1. The van der Waals surface area contributed by atoms with Crippen LogP contribution in [0.3, 0.4) is 0 Å². The van der Waals surface area contributed by atoms with E-state index in [4.69, 9.17) is 4.52 Å². The van der Waals surface area contributed by atoms with Gasteiger partial charge in [-0.2, -0.15) is 0 Å². The largest absolute Gasteiger partial charge is 0.355 e. The van der Waals surface area contributed by atoms with Crippen molar-refractivity contribution in [2.75, 3.05) is 11.4 Å². The number of hydrogen-bond donors (Lipinski definition) is 0. The van der Waals surface area contributed by atoms with Crippen LogP contribution in [-0.2, 0) is 0 Å². The molecule has 0 N–H and O–H groups in total. The van der Waals surface area contributed by atoms with Crippen molar-refractivity contribution >= 4 is 11.6 Å². The van der Waals surface area contributed by atoms with Gasteiger partial charge in [-0.25, -0.2) is 0 Å². The molecule has 116 valence electrons. The Balaban J connectivity index is 1.99. The fraction of sp³-hybridized carbons (Fsp3) is 0.158. The van der Waals surface area contributed by atoms with Crippen LogP contribution in [0.1, 0.15) is 22.8 Å². The summed E-state index contributed by atoms with van der Waals surface area (Å²) >= 11 is 0. The third-order valence-electron chi connectivity index (χ3n) is 3.71. The number of benzene rings is 2. The van der Waals surface area contributed by atoms with E-state index >= 15 is 0 Å². The molecule has 1 aromatic heterocycles. The molecule has 4 nitrogen and oxygen atoms in total. The highest BCUT2D eigenvalue weighted by Gasteiger charge is 2.23. The average molecular weight is 306 g/mol. The van der Waals surface area contributed by atoms with Gasteiger partial charge < -0.3 is 9.42 Å². The second kappa shape index (κ2) is 6.48. The molecule has 0 bridgehead atoms. The number of aromatic nitrogens is 1. The first-order chi connectivity index (χ1) is 11.2. The Morgan fingerprint density at radius 3 is 2.61 bits per heavy atom. The quantitative estimate of drug-likeness (QED) is 0.721. The number of carbonyl (C=O) groups excluding carboxylic acids is 1. The normalized spacial score (nSPS) is 10.5. The first-order valence-electron chi connectivity index (χ1n) is 7.59. The average Bonchev–Trinajstić information content (AvgIpc) is 3.06. The molecule has 0 atom stereocenters. The summed E-state index contributed by atoms with van der Waals surface area (Å²) in [6.45, 7) is 4.54. The van der Waals surface area contributed by atoms with E-state index in [2.05, 4.69) is 5.16 Å². The standard InChI is InChI=1S/C19H18N2O2/c1-3-21(16-11-7-8-14(2)12-16)19(22)17-13-20-23-18(17)15-9-5-4-6-10-15/h4-13H,3H2,1-2H3. The summed E-state index contributed by atoms with van der Waals surface area (Å²) in [4.78, 5) is 14.7. The number of nitrogens with zero attached hydrogens (tertiary/aromatic N) is 2. The van der Waals surface area contributed by atoms with E-state index < -0.39 is 0 Å². The zero-order chi connectivity index (χ0) is 16.2. The first kappa shape index (κ1) is 15.0. The summed E-state index contributed by atoms with van der Waals surface area (Å²) < 4.78 is 5.33. The Hall–Kier alpha value is -2.88. The summed E-state index contributed by atoms with van der Waals surface area (Å²) in [7, 11) is 0. The zero-order valence-corrected chi connectivity index (χ0v) is 13.2. The van der Waals surface area contributed by atoms with Gasteiger partial charge in [-0.1, -0.05) is 47.6 Å². The molecule has 2 aromatic carbocycles. The third-order valence-corrected chi connectivity index (χ3v) is 3.71. The van der Waals surface area contributed by atoms with Gasteiger partial charge in [-0.05, 0) is 31.5 Å². The van der Waals surface area contributed by atoms with E-state index in [0.29, 0.717) is 17.9 Å². The van der Waals surface area contributed by atoms with Crippen LogP contribution in [-0.4, -0.2) is 17.6 Å². The lowest BCUT2D eigenvalue weighted by Gasteiger charge is -2.21. The SMILES string of the molecule is CCN(C(=O)c1cnoc1-c1ccccc1)c1cccc(C)c1. The summed E-state index contributed by atoms with van der Waals surface area (Å²) in [5.41, 5.74) is 3.30. The Morgan fingerprint density at radius 1 is 1.13 bits per heavy atom. The van der Waals surface area contributed by atoms with Gasteiger partial charge in [0.1, 0.15) is 5.56 Å². The molecule has 0 fully saturated rings. The molecule has 3 rings (SSSR count). The van der Waals surface area contributed by atoms with Crippen molar-refractivity contribution in [3.05, 3.63) is 71.9 Å². The molecule has 0 aliphatic rings. The molecule has 23 heavy (non-hydrogen) atoms. The van der Waals surface area contributed by atoms with Crippen LogP contribution in [0.15, 0.2) is 65.3 Å². The zero-order valence-electron chi connectivity index (χ0n) is 13.2. The highest BCUT2D eigenvalue weighted by atomic mass is 16.5. The predicted molar refractivity (Wildman–Crippen MR) is 90.5 cm³/mol. The van der Waals surface area contributed by atoms with Crippen LogP contribution in [0.4, 0.5) is 5.69 Å². The van der Waals surface area contributed by atoms with Gasteiger partial charge in [-0.3, -0.25) is 4.79 Å². The van der Waals surface area contributed by atoms with E-state index in [1.165, 1.54) is 6.20 Å². The van der Waals surface area contributed by atoms with Gasteiger partial charge in [-0.15, -0.1) is 0 Å². The summed E-state index contributed by atoms with van der Waals surface area (Å²) in [6.07, 6.45) is 1.49. The van der Waals surface area contributed by atoms with E-state index in [0.717, 1.165) is 16.8 Å². The monoisotopic (exact) mass is 306 g/mol. The summed E-state index contributed by atoms with van der Waals surface area (Å²) in [5.74, 6) is 0.389. The van der Waals surface area contributed by atoms with Crippen molar-refractivity contribution in [2.24, 2.45) is 0 Å².